The highest BCUT2D eigenvalue weighted by molar-refractivity contribution is 14.0. The van der Waals surface area contributed by atoms with E-state index in [4.69, 9.17) is 14.5 Å². The van der Waals surface area contributed by atoms with Crippen molar-refractivity contribution in [1.82, 2.24) is 10.2 Å². The summed E-state index contributed by atoms with van der Waals surface area (Å²) in [5, 5.41) is 6.95. The van der Waals surface area contributed by atoms with E-state index in [0.29, 0.717) is 6.79 Å². The molecule has 1 N–H and O–H groups in total. The highest BCUT2D eigenvalue weighted by Gasteiger charge is 2.20. The maximum Gasteiger partial charge on any atom is 0.231 e. The first-order valence-corrected chi connectivity index (χ1v) is 10.4. The number of fused-ring (bicyclic) bond motifs is 1. The first-order chi connectivity index (χ1) is 13.3. The Morgan fingerprint density at radius 1 is 1.14 bits per heavy atom. The average molecular weight is 514 g/mol. The molecule has 1 aromatic carbocycles. The Bertz CT molecular complexity index is 777. The zero-order valence-corrected chi connectivity index (χ0v) is 19.2. The van der Waals surface area contributed by atoms with Crippen LogP contribution in [-0.2, 0) is 6.42 Å². The summed E-state index contributed by atoms with van der Waals surface area (Å²) in [6, 6.07) is 10.5. The van der Waals surface area contributed by atoms with Gasteiger partial charge in [-0.3, -0.25) is 4.99 Å². The summed E-state index contributed by atoms with van der Waals surface area (Å²) in [5.41, 5.74) is 1.22. The predicted octanol–water partition coefficient (Wildman–Crippen LogP) is 3.43. The molecule has 28 heavy (non-hydrogen) atoms. The zero-order valence-electron chi connectivity index (χ0n) is 16.1. The van der Waals surface area contributed by atoms with Crippen molar-refractivity contribution in [2.24, 2.45) is 4.99 Å². The molecule has 0 spiro atoms. The molecule has 1 fully saturated rings. The molecule has 0 unspecified atom stereocenters. The SMILES string of the molecule is CCNC(=NCCc1ccc2c(c1)OCO2)N1CCN(c2cccs2)CC1.I. The lowest BCUT2D eigenvalue weighted by Crippen LogP contribution is -2.52. The van der Waals surface area contributed by atoms with Crippen molar-refractivity contribution in [2.45, 2.75) is 13.3 Å². The molecular weight excluding hydrogens is 487 g/mol. The van der Waals surface area contributed by atoms with Gasteiger partial charge < -0.3 is 24.6 Å². The van der Waals surface area contributed by atoms with Crippen LogP contribution in [0.5, 0.6) is 11.5 Å². The van der Waals surface area contributed by atoms with Gasteiger partial charge in [0.15, 0.2) is 17.5 Å². The first-order valence-electron chi connectivity index (χ1n) is 9.53. The van der Waals surface area contributed by atoms with Crippen LogP contribution in [-0.4, -0.2) is 56.9 Å². The number of anilines is 1. The van der Waals surface area contributed by atoms with Crippen molar-refractivity contribution in [2.75, 3.05) is 51.0 Å². The van der Waals surface area contributed by atoms with Crippen LogP contribution in [0.3, 0.4) is 0 Å². The van der Waals surface area contributed by atoms with Gasteiger partial charge in [-0.1, -0.05) is 6.07 Å². The van der Waals surface area contributed by atoms with Crippen molar-refractivity contribution < 1.29 is 9.47 Å². The second-order valence-corrected chi connectivity index (χ2v) is 7.52. The monoisotopic (exact) mass is 514 g/mol. The van der Waals surface area contributed by atoms with E-state index in [1.807, 2.05) is 17.4 Å². The van der Waals surface area contributed by atoms with Gasteiger partial charge in [0.2, 0.25) is 6.79 Å². The first kappa shape index (κ1) is 21.0. The molecule has 8 heteroatoms. The van der Waals surface area contributed by atoms with Gasteiger partial charge in [0.1, 0.15) is 0 Å². The third kappa shape index (κ3) is 5.02. The molecule has 0 bridgehead atoms. The summed E-state index contributed by atoms with van der Waals surface area (Å²) in [5.74, 6) is 2.69. The number of ether oxygens (including phenoxy) is 2. The van der Waals surface area contributed by atoms with E-state index in [9.17, 15) is 0 Å². The molecule has 0 atom stereocenters. The number of aliphatic imine (C=N–C) groups is 1. The van der Waals surface area contributed by atoms with Crippen LogP contribution in [0.4, 0.5) is 5.00 Å². The molecule has 1 saturated heterocycles. The lowest BCUT2D eigenvalue weighted by Gasteiger charge is -2.37. The fourth-order valence-corrected chi connectivity index (χ4v) is 4.19. The van der Waals surface area contributed by atoms with Gasteiger partial charge in [0, 0.05) is 39.3 Å². The van der Waals surface area contributed by atoms with E-state index in [1.165, 1.54) is 10.6 Å². The number of hydrogen-bond donors (Lipinski definition) is 1. The molecule has 0 saturated carbocycles. The van der Waals surface area contributed by atoms with Crippen LogP contribution in [0.15, 0.2) is 40.7 Å². The largest absolute Gasteiger partial charge is 0.454 e. The predicted molar refractivity (Wildman–Crippen MR) is 126 cm³/mol. The van der Waals surface area contributed by atoms with Crippen molar-refractivity contribution >= 4 is 46.3 Å². The van der Waals surface area contributed by atoms with Crippen molar-refractivity contribution in [3.63, 3.8) is 0 Å². The zero-order chi connectivity index (χ0) is 18.5. The number of nitrogens with one attached hydrogen (secondary N) is 1. The van der Waals surface area contributed by atoms with Crippen LogP contribution in [0.1, 0.15) is 12.5 Å². The Morgan fingerprint density at radius 2 is 1.96 bits per heavy atom. The average Bonchev–Trinajstić information content (AvgIpc) is 3.39. The van der Waals surface area contributed by atoms with E-state index in [1.54, 1.807) is 0 Å². The van der Waals surface area contributed by atoms with Crippen LogP contribution in [0.25, 0.3) is 0 Å². The molecule has 0 amide bonds. The fourth-order valence-electron chi connectivity index (χ4n) is 3.40. The molecule has 6 nitrogen and oxygen atoms in total. The molecule has 4 rings (SSSR count). The smallest absolute Gasteiger partial charge is 0.231 e. The van der Waals surface area contributed by atoms with Crippen molar-refractivity contribution in [3.8, 4) is 11.5 Å². The van der Waals surface area contributed by atoms with Gasteiger partial charge >= 0.3 is 0 Å². The molecular formula is C20H27IN4O2S. The molecule has 0 radical (unpaired) electrons. The summed E-state index contributed by atoms with van der Waals surface area (Å²) in [7, 11) is 0. The Hall–Kier alpha value is -1.68. The number of rotatable bonds is 5. The van der Waals surface area contributed by atoms with Gasteiger partial charge in [-0.25, -0.2) is 0 Å². The minimum Gasteiger partial charge on any atom is -0.454 e. The molecule has 152 valence electrons. The molecule has 0 aliphatic carbocycles. The van der Waals surface area contributed by atoms with Crippen LogP contribution >= 0.6 is 35.3 Å². The summed E-state index contributed by atoms with van der Waals surface area (Å²) in [6.07, 6.45) is 0.890. The van der Waals surface area contributed by atoms with E-state index in [-0.39, 0.29) is 24.0 Å². The second-order valence-electron chi connectivity index (χ2n) is 6.60. The van der Waals surface area contributed by atoms with Gasteiger partial charge in [-0.15, -0.1) is 35.3 Å². The van der Waals surface area contributed by atoms with Crippen molar-refractivity contribution in [3.05, 3.63) is 41.3 Å². The minimum absolute atomic E-state index is 0. The normalized spacial score (nSPS) is 16.1. The number of nitrogens with zero attached hydrogens (tertiary/aromatic N) is 3. The lowest BCUT2D eigenvalue weighted by molar-refractivity contribution is 0.174. The molecule has 1 aromatic heterocycles. The second kappa shape index (κ2) is 10.2. The van der Waals surface area contributed by atoms with Gasteiger partial charge in [-0.05, 0) is 48.6 Å². The van der Waals surface area contributed by atoms with E-state index >= 15 is 0 Å². The third-order valence-electron chi connectivity index (χ3n) is 4.83. The molecule has 3 heterocycles. The lowest BCUT2D eigenvalue weighted by atomic mass is 10.1. The Morgan fingerprint density at radius 3 is 2.71 bits per heavy atom. The number of halogens is 1. The maximum atomic E-state index is 5.46. The quantitative estimate of drug-likeness (QED) is 0.377. The maximum absolute atomic E-state index is 5.46. The summed E-state index contributed by atoms with van der Waals surface area (Å²) >= 11 is 1.81. The molecule has 2 aromatic rings. The standard InChI is InChI=1S/C20H26N4O2S.HI/c1-2-21-20(24-11-9-23(10-12-24)19-4-3-13-27-19)22-8-7-16-5-6-17-18(14-16)26-15-25-17;/h3-6,13-14H,2,7-12,15H2,1H3,(H,21,22);1H. The number of benzene rings is 1. The Balaban J connectivity index is 0.00000225. The van der Waals surface area contributed by atoms with E-state index in [0.717, 1.165) is 63.1 Å². The summed E-state index contributed by atoms with van der Waals surface area (Å²) < 4.78 is 10.8. The van der Waals surface area contributed by atoms with E-state index < -0.39 is 0 Å². The van der Waals surface area contributed by atoms with Crippen LogP contribution < -0.4 is 19.7 Å². The number of guanidine groups is 1. The van der Waals surface area contributed by atoms with Gasteiger partial charge in [-0.2, -0.15) is 0 Å². The third-order valence-corrected chi connectivity index (χ3v) is 5.76. The van der Waals surface area contributed by atoms with Gasteiger partial charge in [0.05, 0.1) is 5.00 Å². The van der Waals surface area contributed by atoms with Crippen molar-refractivity contribution in [1.29, 1.82) is 0 Å². The number of thiophene rings is 1. The number of piperazine rings is 1. The Kier molecular flexibility index (Phi) is 7.66. The Labute approximate surface area is 187 Å². The summed E-state index contributed by atoms with van der Waals surface area (Å²) in [6.45, 7) is 8.14. The van der Waals surface area contributed by atoms with E-state index in [2.05, 4.69) is 51.7 Å². The van der Waals surface area contributed by atoms with Crippen LogP contribution in [0, 0.1) is 0 Å². The summed E-state index contributed by atoms with van der Waals surface area (Å²) in [4.78, 5) is 9.68. The highest BCUT2D eigenvalue weighted by atomic mass is 127. The minimum atomic E-state index is 0. The van der Waals surface area contributed by atoms with Gasteiger partial charge in [0.25, 0.3) is 0 Å². The highest BCUT2D eigenvalue weighted by Crippen LogP contribution is 2.32. The molecule has 2 aliphatic rings. The molecule has 2 aliphatic heterocycles. The topological polar surface area (TPSA) is 49.3 Å². The fraction of sp³-hybridized carbons (Fsp3) is 0.450. The number of hydrogen-bond acceptors (Lipinski definition) is 5. The van der Waals surface area contributed by atoms with Crippen LogP contribution in [0.2, 0.25) is 0 Å².